The van der Waals surface area contributed by atoms with Crippen LogP contribution < -0.4 is 9.46 Å². The number of hydrogen-bond acceptors (Lipinski definition) is 5. The molecule has 0 saturated carbocycles. The molecule has 8 heteroatoms. The molecule has 7 nitrogen and oxygen atoms in total. The molecule has 2 aromatic rings. The number of para-hydroxylation sites is 1. The number of rotatable bonds is 10. The lowest BCUT2D eigenvalue weighted by atomic mass is 10.0. The van der Waals surface area contributed by atoms with Crippen LogP contribution >= 0.6 is 0 Å². The number of piperidine rings is 1. The van der Waals surface area contributed by atoms with E-state index in [1.807, 2.05) is 38.1 Å². The molecule has 0 unspecified atom stereocenters. The first kappa shape index (κ1) is 25.2. The zero-order chi connectivity index (χ0) is 23.8. The number of amides is 1. The SMILES string of the molecule is CCN(CC)C(=O)c1ccc(S(=O)(=O)NC[C@@H](c2ccccc2OC)N2CCCCC2)cc1. The van der Waals surface area contributed by atoms with Gasteiger partial charge in [-0.1, -0.05) is 24.6 Å². The van der Waals surface area contributed by atoms with Crippen molar-refractivity contribution >= 4 is 15.9 Å². The number of hydrogen-bond donors (Lipinski definition) is 1. The maximum atomic E-state index is 13.1. The molecule has 1 aliphatic rings. The lowest BCUT2D eigenvalue weighted by molar-refractivity contribution is 0.0773. The number of likely N-dealkylation sites (tertiary alicyclic amines) is 1. The number of sulfonamides is 1. The summed E-state index contributed by atoms with van der Waals surface area (Å²) in [5.41, 5.74) is 1.46. The predicted molar refractivity (Wildman–Crippen MR) is 130 cm³/mol. The highest BCUT2D eigenvalue weighted by molar-refractivity contribution is 7.89. The van der Waals surface area contributed by atoms with Gasteiger partial charge in [0, 0.05) is 30.8 Å². The molecule has 2 aromatic carbocycles. The molecule has 33 heavy (non-hydrogen) atoms. The number of carbonyl (C=O) groups excluding carboxylic acids is 1. The van der Waals surface area contributed by atoms with Gasteiger partial charge in [-0.3, -0.25) is 9.69 Å². The first-order valence-electron chi connectivity index (χ1n) is 11.7. The molecule has 1 amide bonds. The minimum absolute atomic E-state index is 0.0988. The van der Waals surface area contributed by atoms with E-state index in [1.54, 1.807) is 24.1 Å². The van der Waals surface area contributed by atoms with Crippen molar-refractivity contribution in [3.05, 3.63) is 59.7 Å². The van der Waals surface area contributed by atoms with Crippen LogP contribution in [-0.4, -0.2) is 64.0 Å². The van der Waals surface area contributed by atoms with E-state index in [1.165, 1.54) is 18.6 Å². The Balaban J connectivity index is 1.78. The van der Waals surface area contributed by atoms with E-state index < -0.39 is 10.0 Å². The van der Waals surface area contributed by atoms with Crippen molar-refractivity contribution in [1.29, 1.82) is 0 Å². The minimum atomic E-state index is -3.74. The summed E-state index contributed by atoms with van der Waals surface area (Å²) in [6, 6.07) is 13.8. The Labute approximate surface area is 197 Å². The molecule has 0 aromatic heterocycles. The lowest BCUT2D eigenvalue weighted by Crippen LogP contribution is -2.40. The van der Waals surface area contributed by atoms with Crippen LogP contribution in [0, 0.1) is 0 Å². The van der Waals surface area contributed by atoms with Gasteiger partial charge in [-0.2, -0.15) is 0 Å². The molecule has 3 rings (SSSR count). The average molecular weight is 474 g/mol. The normalized spacial score (nSPS) is 15.7. The van der Waals surface area contributed by atoms with E-state index >= 15 is 0 Å². The quantitative estimate of drug-likeness (QED) is 0.569. The van der Waals surface area contributed by atoms with Gasteiger partial charge in [-0.25, -0.2) is 13.1 Å². The van der Waals surface area contributed by atoms with E-state index in [2.05, 4.69) is 9.62 Å². The molecule has 1 N–H and O–H groups in total. The molecular weight excluding hydrogens is 438 g/mol. The average Bonchev–Trinajstić information content (AvgIpc) is 2.86. The summed E-state index contributed by atoms with van der Waals surface area (Å²) in [5.74, 6) is 0.657. The van der Waals surface area contributed by atoms with Crippen molar-refractivity contribution in [3.8, 4) is 5.75 Å². The van der Waals surface area contributed by atoms with Crippen LogP contribution in [0.4, 0.5) is 0 Å². The second kappa shape index (κ2) is 11.6. The molecule has 0 radical (unpaired) electrons. The maximum absolute atomic E-state index is 13.1. The van der Waals surface area contributed by atoms with Gasteiger partial charge in [0.05, 0.1) is 18.0 Å². The monoisotopic (exact) mass is 473 g/mol. The van der Waals surface area contributed by atoms with Crippen LogP contribution in [0.5, 0.6) is 5.75 Å². The van der Waals surface area contributed by atoms with Gasteiger partial charge in [-0.15, -0.1) is 0 Å². The topological polar surface area (TPSA) is 79.0 Å². The van der Waals surface area contributed by atoms with Crippen molar-refractivity contribution in [3.63, 3.8) is 0 Å². The van der Waals surface area contributed by atoms with Crippen molar-refractivity contribution in [2.45, 2.75) is 44.0 Å². The Morgan fingerprint density at radius 2 is 1.67 bits per heavy atom. The van der Waals surface area contributed by atoms with Gasteiger partial charge >= 0.3 is 0 Å². The fraction of sp³-hybridized carbons (Fsp3) is 0.480. The molecule has 180 valence electrons. The first-order valence-corrected chi connectivity index (χ1v) is 13.2. The summed E-state index contributed by atoms with van der Waals surface area (Å²) in [5, 5.41) is 0. The number of benzene rings is 2. The zero-order valence-electron chi connectivity index (χ0n) is 19.8. The highest BCUT2D eigenvalue weighted by Crippen LogP contribution is 2.31. The molecule has 1 saturated heterocycles. The molecule has 0 aliphatic carbocycles. The van der Waals surface area contributed by atoms with Crippen molar-refractivity contribution in [2.75, 3.05) is 39.8 Å². The number of ether oxygens (including phenoxy) is 1. The first-order chi connectivity index (χ1) is 15.9. The van der Waals surface area contributed by atoms with Gasteiger partial charge in [0.1, 0.15) is 5.75 Å². The van der Waals surface area contributed by atoms with Crippen LogP contribution in [0.1, 0.15) is 55.1 Å². The third-order valence-corrected chi connectivity index (χ3v) is 7.70. The summed E-state index contributed by atoms with van der Waals surface area (Å²) >= 11 is 0. The number of carbonyl (C=O) groups is 1. The van der Waals surface area contributed by atoms with Crippen molar-refractivity contribution in [1.82, 2.24) is 14.5 Å². The van der Waals surface area contributed by atoms with E-state index in [4.69, 9.17) is 4.74 Å². The molecule has 0 spiro atoms. The van der Waals surface area contributed by atoms with E-state index in [0.29, 0.717) is 18.7 Å². The summed E-state index contributed by atoms with van der Waals surface area (Å²) in [6.07, 6.45) is 3.39. The van der Waals surface area contributed by atoms with Gasteiger partial charge in [0.15, 0.2) is 0 Å². The molecule has 1 fully saturated rings. The molecule has 1 atom stereocenters. The summed E-state index contributed by atoms with van der Waals surface area (Å²) in [4.78, 5) is 16.7. The van der Waals surface area contributed by atoms with Crippen LogP contribution in [0.25, 0.3) is 0 Å². The van der Waals surface area contributed by atoms with Crippen LogP contribution in [0.15, 0.2) is 53.4 Å². The van der Waals surface area contributed by atoms with Crippen molar-refractivity contribution < 1.29 is 17.9 Å². The number of nitrogens with one attached hydrogen (secondary N) is 1. The largest absolute Gasteiger partial charge is 0.496 e. The number of methoxy groups -OCH3 is 1. The standard InChI is InChI=1S/C25H35N3O4S/c1-4-27(5-2)25(29)20-13-15-21(16-14-20)33(30,31)26-19-23(28-17-9-6-10-18-28)22-11-7-8-12-24(22)32-3/h7-8,11-16,23,26H,4-6,9-10,17-19H2,1-3H3/t23-/m0/s1. The van der Waals surface area contributed by atoms with E-state index in [0.717, 1.165) is 37.2 Å². The molecule has 1 aliphatic heterocycles. The zero-order valence-corrected chi connectivity index (χ0v) is 20.6. The summed E-state index contributed by atoms with van der Waals surface area (Å²) in [6.45, 7) is 7.15. The summed E-state index contributed by atoms with van der Waals surface area (Å²) in [7, 11) is -2.10. The lowest BCUT2D eigenvalue weighted by Gasteiger charge is -2.35. The van der Waals surface area contributed by atoms with E-state index in [-0.39, 0.29) is 23.4 Å². The Morgan fingerprint density at radius 1 is 1.03 bits per heavy atom. The van der Waals surface area contributed by atoms with Crippen LogP contribution in [0.3, 0.4) is 0 Å². The maximum Gasteiger partial charge on any atom is 0.253 e. The second-order valence-electron chi connectivity index (χ2n) is 8.21. The Morgan fingerprint density at radius 3 is 2.27 bits per heavy atom. The molecular formula is C25H35N3O4S. The molecule has 0 bridgehead atoms. The van der Waals surface area contributed by atoms with Crippen LogP contribution in [-0.2, 0) is 10.0 Å². The number of nitrogens with zero attached hydrogens (tertiary/aromatic N) is 2. The minimum Gasteiger partial charge on any atom is -0.496 e. The van der Waals surface area contributed by atoms with Crippen molar-refractivity contribution in [2.24, 2.45) is 0 Å². The predicted octanol–water partition coefficient (Wildman–Crippen LogP) is 3.68. The highest BCUT2D eigenvalue weighted by atomic mass is 32.2. The fourth-order valence-electron chi connectivity index (χ4n) is 4.35. The smallest absolute Gasteiger partial charge is 0.253 e. The second-order valence-corrected chi connectivity index (χ2v) is 9.98. The van der Waals surface area contributed by atoms with Gasteiger partial charge < -0.3 is 9.64 Å². The third kappa shape index (κ3) is 6.13. The molecule has 1 heterocycles. The fourth-order valence-corrected chi connectivity index (χ4v) is 5.39. The Bertz CT molecular complexity index is 1010. The van der Waals surface area contributed by atoms with E-state index in [9.17, 15) is 13.2 Å². The highest BCUT2D eigenvalue weighted by Gasteiger charge is 2.27. The Kier molecular flexibility index (Phi) is 8.88. The van der Waals surface area contributed by atoms with Gasteiger partial charge in [0.25, 0.3) is 5.91 Å². The third-order valence-electron chi connectivity index (χ3n) is 6.26. The van der Waals surface area contributed by atoms with Crippen LogP contribution in [0.2, 0.25) is 0 Å². The summed E-state index contributed by atoms with van der Waals surface area (Å²) < 4.78 is 34.5. The van der Waals surface area contributed by atoms with Gasteiger partial charge in [-0.05, 0) is 70.1 Å². The Hall–Kier alpha value is -2.42. The van der Waals surface area contributed by atoms with Gasteiger partial charge in [0.2, 0.25) is 10.0 Å².